The van der Waals surface area contributed by atoms with Gasteiger partial charge in [0.05, 0.1) is 25.2 Å². The Balaban J connectivity index is 1.99. The van der Waals surface area contributed by atoms with E-state index >= 15 is 0 Å². The van der Waals surface area contributed by atoms with Crippen molar-refractivity contribution in [2.45, 2.75) is 10.3 Å². The summed E-state index contributed by atoms with van der Waals surface area (Å²) in [5.74, 6) is 0.591. The van der Waals surface area contributed by atoms with Crippen LogP contribution >= 0.6 is 35.0 Å². The van der Waals surface area contributed by atoms with Crippen LogP contribution in [-0.2, 0) is 10.0 Å². The average molecular weight is 419 g/mol. The Morgan fingerprint density at radius 2 is 1.92 bits per heavy atom. The zero-order valence-corrected chi connectivity index (χ0v) is 15.8. The molecule has 2 aromatic carbocycles. The maximum atomic E-state index is 13.0. The van der Waals surface area contributed by atoms with E-state index in [1.54, 1.807) is 12.1 Å². The summed E-state index contributed by atoms with van der Waals surface area (Å²) in [4.78, 5) is 10.5. The molecule has 1 aliphatic rings. The number of nitro groups is 1. The molecule has 10 heteroatoms. The zero-order valence-electron chi connectivity index (χ0n) is 12.6. The zero-order chi connectivity index (χ0) is 18.2. The number of sulfonamides is 1. The van der Waals surface area contributed by atoms with Crippen molar-refractivity contribution >= 4 is 50.7 Å². The second-order valence-corrected chi connectivity index (χ2v) is 9.16. The van der Waals surface area contributed by atoms with Gasteiger partial charge in [-0.2, -0.15) is 4.31 Å². The molecule has 0 unspecified atom stereocenters. The van der Waals surface area contributed by atoms with Gasteiger partial charge in [-0.15, -0.1) is 11.8 Å². The fraction of sp³-hybridized carbons (Fsp3) is 0.200. The molecule has 3 rings (SSSR count). The first-order valence-corrected chi connectivity index (χ1v) is 10.4. The molecule has 6 nitrogen and oxygen atoms in total. The first-order valence-electron chi connectivity index (χ1n) is 7.13. The van der Waals surface area contributed by atoms with Crippen LogP contribution in [0.3, 0.4) is 0 Å². The molecule has 0 saturated carbocycles. The van der Waals surface area contributed by atoms with Crippen LogP contribution in [0.1, 0.15) is 10.9 Å². The van der Waals surface area contributed by atoms with Crippen molar-refractivity contribution in [3.05, 3.63) is 68.2 Å². The Labute approximate surface area is 158 Å². The average Bonchev–Trinajstić information content (AvgIpc) is 3.08. The van der Waals surface area contributed by atoms with Crippen LogP contribution in [0.4, 0.5) is 5.69 Å². The highest BCUT2D eigenvalue weighted by Gasteiger charge is 2.37. The fourth-order valence-electron chi connectivity index (χ4n) is 2.53. The number of non-ortho nitro benzene ring substituents is 1. The first kappa shape index (κ1) is 18.5. The quantitative estimate of drug-likeness (QED) is 0.544. The molecule has 1 saturated heterocycles. The third kappa shape index (κ3) is 3.63. The number of nitrogens with zero attached hydrogens (tertiary/aromatic N) is 2. The van der Waals surface area contributed by atoms with Crippen molar-refractivity contribution in [1.82, 2.24) is 4.31 Å². The van der Waals surface area contributed by atoms with Gasteiger partial charge in [-0.1, -0.05) is 35.3 Å². The van der Waals surface area contributed by atoms with Crippen molar-refractivity contribution in [1.29, 1.82) is 0 Å². The molecule has 0 aromatic heterocycles. The normalized spacial score (nSPS) is 18.4. The number of thioether (sulfide) groups is 1. The smallest absolute Gasteiger partial charge is 0.258 e. The number of nitro benzene ring substituents is 1. The van der Waals surface area contributed by atoms with Crippen molar-refractivity contribution in [2.24, 2.45) is 0 Å². The van der Waals surface area contributed by atoms with E-state index < -0.39 is 20.3 Å². The molecule has 0 radical (unpaired) electrons. The summed E-state index contributed by atoms with van der Waals surface area (Å²) in [5, 5.41) is 10.9. The largest absolute Gasteiger partial charge is 0.269 e. The lowest BCUT2D eigenvalue weighted by molar-refractivity contribution is -0.384. The summed E-state index contributed by atoms with van der Waals surface area (Å²) < 4.78 is 27.3. The van der Waals surface area contributed by atoms with Gasteiger partial charge >= 0.3 is 0 Å². The SMILES string of the molecule is O=[N+]([O-])c1cccc([C@H]2SCCN2S(=O)(=O)c2ccc(Cl)c(Cl)c2)c1. The topological polar surface area (TPSA) is 80.5 Å². The summed E-state index contributed by atoms with van der Waals surface area (Å²) in [6, 6.07) is 10.2. The van der Waals surface area contributed by atoms with E-state index in [2.05, 4.69) is 0 Å². The van der Waals surface area contributed by atoms with Crippen molar-refractivity contribution in [3.63, 3.8) is 0 Å². The third-order valence-corrected chi connectivity index (χ3v) is 7.71. The fourth-order valence-corrected chi connectivity index (χ4v) is 6.15. The highest BCUT2D eigenvalue weighted by atomic mass is 35.5. The van der Waals surface area contributed by atoms with Crippen LogP contribution in [0.25, 0.3) is 0 Å². The minimum absolute atomic E-state index is 0.0415. The van der Waals surface area contributed by atoms with Crippen LogP contribution in [0.15, 0.2) is 47.4 Å². The molecule has 25 heavy (non-hydrogen) atoms. The van der Waals surface area contributed by atoms with Crippen molar-refractivity contribution < 1.29 is 13.3 Å². The van der Waals surface area contributed by atoms with Crippen molar-refractivity contribution in [3.8, 4) is 0 Å². The van der Waals surface area contributed by atoms with Crippen LogP contribution in [0, 0.1) is 10.1 Å². The lowest BCUT2D eigenvalue weighted by atomic mass is 10.2. The maximum absolute atomic E-state index is 13.0. The number of hydrogen-bond donors (Lipinski definition) is 0. The monoisotopic (exact) mass is 418 g/mol. The van der Waals surface area contributed by atoms with Gasteiger partial charge in [0.15, 0.2) is 0 Å². The van der Waals surface area contributed by atoms with E-state index in [1.165, 1.54) is 46.4 Å². The van der Waals surface area contributed by atoms with Crippen LogP contribution in [0.5, 0.6) is 0 Å². The molecular formula is C15H12Cl2N2O4S2. The third-order valence-electron chi connectivity index (χ3n) is 3.71. The van der Waals surface area contributed by atoms with Gasteiger partial charge in [0.2, 0.25) is 10.0 Å². The standard InChI is InChI=1S/C15H12Cl2N2O4S2/c16-13-5-4-12(9-14(13)17)25(22,23)18-6-7-24-15(18)10-2-1-3-11(8-10)19(20)21/h1-5,8-9,15H,6-7H2/t15-/m1/s1. The second kappa shape index (κ2) is 7.13. The van der Waals surface area contributed by atoms with Gasteiger partial charge in [0, 0.05) is 24.4 Å². The Bertz CT molecular complexity index is 937. The summed E-state index contributed by atoms with van der Waals surface area (Å²) in [7, 11) is -3.81. The summed E-state index contributed by atoms with van der Waals surface area (Å²) >= 11 is 13.2. The number of benzene rings is 2. The summed E-state index contributed by atoms with van der Waals surface area (Å²) in [6.45, 7) is 0.306. The van der Waals surface area contributed by atoms with Crippen LogP contribution in [0.2, 0.25) is 10.0 Å². The summed E-state index contributed by atoms with van der Waals surface area (Å²) in [5.41, 5.74) is 0.497. The van der Waals surface area contributed by atoms with Gasteiger partial charge in [-0.3, -0.25) is 10.1 Å². The molecule has 0 amide bonds. The second-order valence-electron chi connectivity index (χ2n) is 5.27. The van der Waals surface area contributed by atoms with Crippen LogP contribution in [-0.4, -0.2) is 29.9 Å². The van der Waals surface area contributed by atoms with Gasteiger partial charge in [0.25, 0.3) is 5.69 Å². The Morgan fingerprint density at radius 3 is 2.60 bits per heavy atom. The molecule has 0 aliphatic carbocycles. The van der Waals surface area contributed by atoms with Gasteiger partial charge < -0.3 is 0 Å². The lowest BCUT2D eigenvalue weighted by Crippen LogP contribution is -2.30. The molecule has 1 aliphatic heterocycles. The van der Waals surface area contributed by atoms with Gasteiger partial charge in [0.1, 0.15) is 0 Å². The van der Waals surface area contributed by atoms with Gasteiger partial charge in [-0.05, 0) is 23.8 Å². The minimum Gasteiger partial charge on any atom is -0.258 e. The molecule has 1 heterocycles. The number of rotatable bonds is 4. The molecule has 1 fully saturated rings. The maximum Gasteiger partial charge on any atom is 0.269 e. The van der Waals surface area contributed by atoms with E-state index in [0.29, 0.717) is 17.9 Å². The predicted octanol–water partition coefficient (Wildman–Crippen LogP) is 4.34. The van der Waals surface area contributed by atoms with Crippen LogP contribution < -0.4 is 0 Å². The lowest BCUT2D eigenvalue weighted by Gasteiger charge is -2.23. The van der Waals surface area contributed by atoms with E-state index in [1.807, 2.05) is 0 Å². The Kier molecular flexibility index (Phi) is 5.26. The Hall–Kier alpha value is -1.32. The molecule has 0 spiro atoms. The Morgan fingerprint density at radius 1 is 1.16 bits per heavy atom. The van der Waals surface area contributed by atoms with Gasteiger partial charge in [-0.25, -0.2) is 8.42 Å². The number of hydrogen-bond acceptors (Lipinski definition) is 5. The van der Waals surface area contributed by atoms with E-state index in [0.717, 1.165) is 0 Å². The van der Waals surface area contributed by atoms with E-state index in [-0.39, 0.29) is 20.6 Å². The van der Waals surface area contributed by atoms with E-state index in [9.17, 15) is 18.5 Å². The van der Waals surface area contributed by atoms with Crippen molar-refractivity contribution in [2.75, 3.05) is 12.3 Å². The molecule has 132 valence electrons. The number of halogens is 2. The van der Waals surface area contributed by atoms with E-state index in [4.69, 9.17) is 23.2 Å². The first-order chi connectivity index (χ1) is 11.8. The minimum atomic E-state index is -3.81. The highest BCUT2D eigenvalue weighted by Crippen LogP contribution is 2.42. The predicted molar refractivity (Wildman–Crippen MR) is 98.6 cm³/mol. The molecule has 0 N–H and O–H groups in total. The molecule has 1 atom stereocenters. The molecule has 0 bridgehead atoms. The molecular weight excluding hydrogens is 407 g/mol. The summed E-state index contributed by atoms with van der Waals surface area (Å²) in [6.07, 6.45) is 0. The molecule has 2 aromatic rings. The highest BCUT2D eigenvalue weighted by molar-refractivity contribution is 8.01.